The summed E-state index contributed by atoms with van der Waals surface area (Å²) in [6, 6.07) is 15.0. The number of hydrogen-bond donors (Lipinski definition) is 0. The topological polar surface area (TPSA) is 0 Å². The molecular formula is C30H41F. The molecule has 0 N–H and O–H groups in total. The second-order valence-corrected chi connectivity index (χ2v) is 10.4. The van der Waals surface area contributed by atoms with E-state index in [9.17, 15) is 0 Å². The van der Waals surface area contributed by atoms with Gasteiger partial charge in [-0.15, -0.1) is 0 Å². The Hall–Kier alpha value is -1.63. The standard InChI is InChI=1S/C30H41F/c1-3-8-23-9-11-24(12-10-23)26-15-18-28(29(31)22-26)25-13-16-27(17-14-25)30(19-4-2)20-6-5-7-21-30/h13-18,22-24H,3-12,19-21H2,1-2H3/t23-,24-. The zero-order valence-electron chi connectivity index (χ0n) is 19.8. The molecular weight excluding hydrogens is 379 g/mol. The molecule has 2 aromatic rings. The molecule has 0 spiro atoms. The molecule has 2 aromatic carbocycles. The summed E-state index contributed by atoms with van der Waals surface area (Å²) in [5.74, 6) is 1.38. The van der Waals surface area contributed by atoms with Gasteiger partial charge in [0, 0.05) is 5.56 Å². The van der Waals surface area contributed by atoms with Gasteiger partial charge in [0.1, 0.15) is 5.82 Å². The Morgan fingerprint density at radius 1 is 0.839 bits per heavy atom. The third-order valence-electron chi connectivity index (χ3n) is 8.36. The van der Waals surface area contributed by atoms with E-state index in [-0.39, 0.29) is 5.82 Å². The van der Waals surface area contributed by atoms with Gasteiger partial charge in [-0.2, -0.15) is 0 Å². The van der Waals surface area contributed by atoms with Crippen molar-refractivity contribution >= 4 is 0 Å². The predicted molar refractivity (Wildman–Crippen MR) is 131 cm³/mol. The minimum atomic E-state index is -0.0538. The van der Waals surface area contributed by atoms with E-state index in [0.717, 1.165) is 17.0 Å². The van der Waals surface area contributed by atoms with Crippen LogP contribution in [0, 0.1) is 11.7 Å². The lowest BCUT2D eigenvalue weighted by molar-refractivity contribution is 0.271. The van der Waals surface area contributed by atoms with Crippen LogP contribution >= 0.6 is 0 Å². The van der Waals surface area contributed by atoms with Crippen LogP contribution in [0.5, 0.6) is 0 Å². The summed E-state index contributed by atoms with van der Waals surface area (Å²) in [6.07, 6.45) is 16.9. The van der Waals surface area contributed by atoms with Gasteiger partial charge < -0.3 is 0 Å². The molecule has 31 heavy (non-hydrogen) atoms. The molecule has 4 rings (SSSR count). The fraction of sp³-hybridized carbons (Fsp3) is 0.600. The summed E-state index contributed by atoms with van der Waals surface area (Å²) in [7, 11) is 0. The first-order valence-electron chi connectivity index (χ1n) is 13.1. The summed E-state index contributed by atoms with van der Waals surface area (Å²) >= 11 is 0. The highest BCUT2D eigenvalue weighted by atomic mass is 19.1. The molecule has 0 heterocycles. The van der Waals surface area contributed by atoms with Crippen molar-refractivity contribution in [2.24, 2.45) is 5.92 Å². The molecule has 0 bridgehead atoms. The van der Waals surface area contributed by atoms with Gasteiger partial charge in [0.2, 0.25) is 0 Å². The van der Waals surface area contributed by atoms with Gasteiger partial charge in [-0.3, -0.25) is 0 Å². The van der Waals surface area contributed by atoms with Gasteiger partial charge in [-0.05, 0) is 85.0 Å². The normalized spacial score (nSPS) is 23.6. The van der Waals surface area contributed by atoms with Crippen molar-refractivity contribution in [3.05, 3.63) is 59.4 Å². The van der Waals surface area contributed by atoms with Gasteiger partial charge in [0.15, 0.2) is 0 Å². The Kier molecular flexibility index (Phi) is 7.51. The second-order valence-electron chi connectivity index (χ2n) is 10.4. The second kappa shape index (κ2) is 10.3. The highest BCUT2D eigenvalue weighted by Crippen LogP contribution is 2.44. The van der Waals surface area contributed by atoms with Crippen LogP contribution in [0.3, 0.4) is 0 Å². The lowest BCUT2D eigenvalue weighted by Crippen LogP contribution is -2.28. The molecule has 2 aliphatic carbocycles. The first-order valence-corrected chi connectivity index (χ1v) is 13.1. The fourth-order valence-electron chi connectivity index (χ4n) is 6.61. The van der Waals surface area contributed by atoms with E-state index in [4.69, 9.17) is 0 Å². The molecule has 168 valence electrons. The van der Waals surface area contributed by atoms with E-state index >= 15 is 4.39 Å². The Bertz CT molecular complexity index is 814. The summed E-state index contributed by atoms with van der Waals surface area (Å²) < 4.78 is 15.1. The number of halogens is 1. The fourth-order valence-corrected chi connectivity index (χ4v) is 6.61. The Balaban J connectivity index is 1.48. The first-order chi connectivity index (χ1) is 15.1. The van der Waals surface area contributed by atoms with Crippen molar-refractivity contribution in [2.75, 3.05) is 0 Å². The highest BCUT2D eigenvalue weighted by molar-refractivity contribution is 5.65. The van der Waals surface area contributed by atoms with E-state index in [1.54, 1.807) is 0 Å². The van der Waals surface area contributed by atoms with E-state index in [1.807, 2.05) is 12.1 Å². The van der Waals surface area contributed by atoms with Crippen LogP contribution in [-0.4, -0.2) is 0 Å². The SMILES string of the molecule is CCCC1(c2ccc(-c3ccc([C@H]4CC[C@H](CCC)CC4)cc3F)cc2)CCCCC1. The van der Waals surface area contributed by atoms with Crippen molar-refractivity contribution in [3.8, 4) is 11.1 Å². The van der Waals surface area contributed by atoms with E-state index in [2.05, 4.69) is 44.2 Å². The molecule has 2 saturated carbocycles. The van der Waals surface area contributed by atoms with Crippen molar-refractivity contribution in [1.29, 1.82) is 0 Å². The Labute approximate surface area is 189 Å². The maximum absolute atomic E-state index is 15.1. The molecule has 0 nitrogen and oxygen atoms in total. The molecule has 0 saturated heterocycles. The third kappa shape index (κ3) is 5.07. The van der Waals surface area contributed by atoms with Gasteiger partial charge >= 0.3 is 0 Å². The van der Waals surface area contributed by atoms with Crippen LogP contribution in [0.25, 0.3) is 11.1 Å². The molecule has 0 aromatic heterocycles. The predicted octanol–water partition coefficient (Wildman–Crippen LogP) is 9.57. The quantitative estimate of drug-likeness (QED) is 0.418. The van der Waals surface area contributed by atoms with Gasteiger partial charge in [-0.25, -0.2) is 4.39 Å². The number of hydrogen-bond acceptors (Lipinski definition) is 0. The molecule has 0 atom stereocenters. The maximum Gasteiger partial charge on any atom is 0.131 e. The van der Waals surface area contributed by atoms with Crippen LogP contribution < -0.4 is 0 Å². The van der Waals surface area contributed by atoms with Crippen LogP contribution in [0.2, 0.25) is 0 Å². The lowest BCUT2D eigenvalue weighted by atomic mass is 9.67. The smallest absolute Gasteiger partial charge is 0.131 e. The van der Waals surface area contributed by atoms with Gasteiger partial charge in [0.25, 0.3) is 0 Å². The monoisotopic (exact) mass is 420 g/mol. The van der Waals surface area contributed by atoms with E-state index in [0.29, 0.717) is 11.3 Å². The first kappa shape index (κ1) is 22.6. The summed E-state index contributed by atoms with van der Waals surface area (Å²) in [4.78, 5) is 0. The molecule has 1 heteroatoms. The maximum atomic E-state index is 15.1. The van der Waals surface area contributed by atoms with Crippen molar-refractivity contribution in [2.45, 2.75) is 109 Å². The summed E-state index contributed by atoms with van der Waals surface area (Å²) in [6.45, 7) is 4.59. The van der Waals surface area contributed by atoms with Crippen LogP contribution in [0.15, 0.2) is 42.5 Å². The average Bonchev–Trinajstić information content (AvgIpc) is 2.81. The average molecular weight is 421 g/mol. The summed E-state index contributed by atoms with van der Waals surface area (Å²) in [5.41, 5.74) is 4.80. The minimum Gasteiger partial charge on any atom is -0.206 e. The number of rotatable bonds is 7. The molecule has 0 radical (unpaired) electrons. The van der Waals surface area contributed by atoms with Crippen LogP contribution in [0.4, 0.5) is 4.39 Å². The largest absolute Gasteiger partial charge is 0.206 e. The molecule has 2 aliphatic rings. The molecule has 0 aliphatic heterocycles. The Morgan fingerprint density at radius 2 is 1.55 bits per heavy atom. The number of benzene rings is 2. The van der Waals surface area contributed by atoms with Crippen LogP contribution in [-0.2, 0) is 5.41 Å². The molecule has 0 amide bonds. The minimum absolute atomic E-state index is 0.0538. The van der Waals surface area contributed by atoms with Gasteiger partial charge in [-0.1, -0.05) is 88.8 Å². The third-order valence-corrected chi connectivity index (χ3v) is 8.36. The lowest BCUT2D eigenvalue weighted by Gasteiger charge is -2.38. The Morgan fingerprint density at radius 3 is 2.16 bits per heavy atom. The van der Waals surface area contributed by atoms with Crippen LogP contribution in [0.1, 0.15) is 114 Å². The molecule has 2 fully saturated rings. The zero-order chi connectivity index (χ0) is 21.7. The summed E-state index contributed by atoms with van der Waals surface area (Å²) in [5, 5.41) is 0. The highest BCUT2D eigenvalue weighted by Gasteiger charge is 2.32. The molecule has 0 unspecified atom stereocenters. The van der Waals surface area contributed by atoms with E-state index in [1.165, 1.54) is 94.6 Å². The van der Waals surface area contributed by atoms with E-state index < -0.39 is 0 Å². The van der Waals surface area contributed by atoms with Crippen molar-refractivity contribution in [3.63, 3.8) is 0 Å². The zero-order valence-corrected chi connectivity index (χ0v) is 19.8. The van der Waals surface area contributed by atoms with Crippen molar-refractivity contribution in [1.82, 2.24) is 0 Å². The van der Waals surface area contributed by atoms with Crippen molar-refractivity contribution < 1.29 is 4.39 Å². The van der Waals surface area contributed by atoms with Gasteiger partial charge in [0.05, 0.1) is 0 Å².